The average Bonchev–Trinajstić information content (AvgIpc) is 3.23. The van der Waals surface area contributed by atoms with Crippen LogP contribution in [-0.2, 0) is 11.2 Å². The van der Waals surface area contributed by atoms with E-state index in [1.54, 1.807) is 12.1 Å². The SMILES string of the molecule is O=C(CNC(=O)c1cccs1)NCCc1nnc2ccccn12. The fourth-order valence-corrected chi connectivity index (χ4v) is 2.73. The van der Waals surface area contributed by atoms with Crippen molar-refractivity contribution in [2.75, 3.05) is 13.1 Å². The topological polar surface area (TPSA) is 88.4 Å². The van der Waals surface area contributed by atoms with Gasteiger partial charge < -0.3 is 10.6 Å². The van der Waals surface area contributed by atoms with E-state index in [9.17, 15) is 9.59 Å². The lowest BCUT2D eigenvalue weighted by Crippen LogP contribution is -2.37. The number of nitrogens with zero attached hydrogens (tertiary/aromatic N) is 3. The summed E-state index contributed by atoms with van der Waals surface area (Å²) in [6.45, 7) is 0.390. The van der Waals surface area contributed by atoms with E-state index in [-0.39, 0.29) is 18.4 Å². The Hall–Kier alpha value is -2.74. The summed E-state index contributed by atoms with van der Waals surface area (Å²) in [6.07, 6.45) is 2.45. The predicted molar refractivity (Wildman–Crippen MR) is 86.4 cm³/mol. The van der Waals surface area contributed by atoms with E-state index in [2.05, 4.69) is 20.8 Å². The Morgan fingerprint density at radius 3 is 2.87 bits per heavy atom. The quantitative estimate of drug-likeness (QED) is 0.703. The van der Waals surface area contributed by atoms with Crippen molar-refractivity contribution in [1.82, 2.24) is 25.2 Å². The fraction of sp³-hybridized carbons (Fsp3) is 0.200. The van der Waals surface area contributed by atoms with Crippen LogP contribution < -0.4 is 10.6 Å². The van der Waals surface area contributed by atoms with E-state index >= 15 is 0 Å². The van der Waals surface area contributed by atoms with E-state index in [1.165, 1.54) is 11.3 Å². The first kappa shape index (κ1) is 15.2. The molecule has 0 aliphatic carbocycles. The molecule has 3 aromatic rings. The predicted octanol–water partition coefficient (Wildman–Crippen LogP) is 0.879. The molecule has 0 unspecified atom stereocenters. The molecule has 0 radical (unpaired) electrons. The maximum atomic E-state index is 11.7. The van der Waals surface area contributed by atoms with Gasteiger partial charge in [0.2, 0.25) is 5.91 Å². The normalized spacial score (nSPS) is 10.6. The third-order valence-electron chi connectivity index (χ3n) is 3.21. The molecule has 3 aromatic heterocycles. The van der Waals surface area contributed by atoms with E-state index in [1.807, 2.05) is 34.2 Å². The number of carbonyl (C=O) groups is 2. The van der Waals surface area contributed by atoms with Gasteiger partial charge in [-0.3, -0.25) is 14.0 Å². The summed E-state index contributed by atoms with van der Waals surface area (Å²) in [5.41, 5.74) is 0.775. The van der Waals surface area contributed by atoms with Crippen LogP contribution in [0.4, 0.5) is 0 Å². The molecule has 23 heavy (non-hydrogen) atoms. The molecular weight excluding hydrogens is 314 g/mol. The second-order valence-corrected chi connectivity index (χ2v) is 5.75. The molecule has 0 atom stereocenters. The molecule has 0 fully saturated rings. The summed E-state index contributed by atoms with van der Waals surface area (Å²) in [6, 6.07) is 9.18. The van der Waals surface area contributed by atoms with E-state index in [4.69, 9.17) is 0 Å². The zero-order chi connectivity index (χ0) is 16.1. The third-order valence-corrected chi connectivity index (χ3v) is 4.08. The van der Waals surface area contributed by atoms with Gasteiger partial charge in [-0.1, -0.05) is 12.1 Å². The maximum absolute atomic E-state index is 11.7. The van der Waals surface area contributed by atoms with Crippen LogP contribution in [0.15, 0.2) is 41.9 Å². The zero-order valence-corrected chi connectivity index (χ0v) is 13.0. The number of rotatable bonds is 6. The molecule has 0 bridgehead atoms. The number of hydrogen-bond donors (Lipinski definition) is 2. The van der Waals surface area contributed by atoms with Gasteiger partial charge in [0.15, 0.2) is 5.65 Å². The Morgan fingerprint density at radius 2 is 2.04 bits per heavy atom. The second-order valence-electron chi connectivity index (χ2n) is 4.80. The van der Waals surface area contributed by atoms with Crippen molar-refractivity contribution >= 4 is 28.8 Å². The van der Waals surface area contributed by atoms with Crippen molar-refractivity contribution in [3.63, 3.8) is 0 Å². The van der Waals surface area contributed by atoms with Gasteiger partial charge in [0.25, 0.3) is 5.91 Å². The first-order chi connectivity index (χ1) is 11.2. The largest absolute Gasteiger partial charge is 0.354 e. The van der Waals surface area contributed by atoms with Crippen LogP contribution in [-0.4, -0.2) is 39.5 Å². The minimum Gasteiger partial charge on any atom is -0.354 e. The van der Waals surface area contributed by atoms with Crippen LogP contribution in [0.2, 0.25) is 0 Å². The highest BCUT2D eigenvalue weighted by Crippen LogP contribution is 2.07. The molecule has 3 heterocycles. The Bertz CT molecular complexity index is 812. The minimum absolute atomic E-state index is 0.0443. The lowest BCUT2D eigenvalue weighted by molar-refractivity contribution is -0.120. The van der Waals surface area contributed by atoms with Crippen molar-refractivity contribution in [2.24, 2.45) is 0 Å². The second kappa shape index (κ2) is 7.01. The molecule has 2 N–H and O–H groups in total. The van der Waals surface area contributed by atoms with E-state index in [0.29, 0.717) is 17.8 Å². The van der Waals surface area contributed by atoms with Gasteiger partial charge >= 0.3 is 0 Å². The zero-order valence-electron chi connectivity index (χ0n) is 12.2. The van der Waals surface area contributed by atoms with Gasteiger partial charge in [-0.15, -0.1) is 21.5 Å². The van der Waals surface area contributed by atoms with Crippen LogP contribution in [0, 0.1) is 0 Å². The lowest BCUT2D eigenvalue weighted by atomic mass is 10.3. The standard InChI is InChI=1S/C15H15N5O2S/c21-14(10-17-15(22)11-4-3-9-23-11)16-7-6-13-19-18-12-5-1-2-8-20(12)13/h1-5,8-9H,6-7,10H2,(H,16,21)(H,17,22). The molecule has 7 nitrogen and oxygen atoms in total. The summed E-state index contributed by atoms with van der Waals surface area (Å²) in [4.78, 5) is 24.0. The van der Waals surface area contributed by atoms with Crippen LogP contribution in [0.3, 0.4) is 0 Å². The van der Waals surface area contributed by atoms with Crippen molar-refractivity contribution < 1.29 is 9.59 Å². The molecule has 0 aliphatic heterocycles. The Kier molecular flexibility index (Phi) is 4.62. The van der Waals surface area contributed by atoms with Gasteiger partial charge in [-0.05, 0) is 23.6 Å². The van der Waals surface area contributed by atoms with Gasteiger partial charge in [0, 0.05) is 19.2 Å². The smallest absolute Gasteiger partial charge is 0.261 e. The van der Waals surface area contributed by atoms with Crippen LogP contribution in [0.25, 0.3) is 5.65 Å². The molecule has 118 valence electrons. The number of hydrogen-bond acceptors (Lipinski definition) is 5. The molecule has 3 rings (SSSR count). The molecule has 0 aromatic carbocycles. The number of nitrogens with one attached hydrogen (secondary N) is 2. The molecule has 0 saturated carbocycles. The molecule has 8 heteroatoms. The maximum Gasteiger partial charge on any atom is 0.261 e. The van der Waals surface area contributed by atoms with Crippen molar-refractivity contribution in [2.45, 2.75) is 6.42 Å². The van der Waals surface area contributed by atoms with Crippen LogP contribution >= 0.6 is 11.3 Å². The van der Waals surface area contributed by atoms with Gasteiger partial charge in [0.1, 0.15) is 5.82 Å². The first-order valence-electron chi connectivity index (χ1n) is 7.11. The van der Waals surface area contributed by atoms with Crippen LogP contribution in [0.5, 0.6) is 0 Å². The highest BCUT2D eigenvalue weighted by molar-refractivity contribution is 7.12. The first-order valence-corrected chi connectivity index (χ1v) is 7.99. The summed E-state index contributed by atoms with van der Waals surface area (Å²) < 4.78 is 1.88. The number of pyridine rings is 1. The van der Waals surface area contributed by atoms with Crippen molar-refractivity contribution in [1.29, 1.82) is 0 Å². The Morgan fingerprint density at radius 1 is 1.13 bits per heavy atom. The molecule has 0 spiro atoms. The summed E-state index contributed by atoms with van der Waals surface area (Å²) in [5.74, 6) is 0.311. The fourth-order valence-electron chi connectivity index (χ4n) is 2.09. The molecular formula is C15H15N5O2S. The lowest BCUT2D eigenvalue weighted by Gasteiger charge is -2.05. The number of thiophene rings is 1. The summed E-state index contributed by atoms with van der Waals surface area (Å²) in [7, 11) is 0. The van der Waals surface area contributed by atoms with Crippen molar-refractivity contribution in [3.05, 3.63) is 52.6 Å². The number of fused-ring (bicyclic) bond motifs is 1. The van der Waals surface area contributed by atoms with E-state index in [0.717, 1.165) is 11.5 Å². The number of amides is 2. The van der Waals surface area contributed by atoms with E-state index < -0.39 is 0 Å². The average molecular weight is 329 g/mol. The highest BCUT2D eigenvalue weighted by atomic mass is 32.1. The summed E-state index contributed by atoms with van der Waals surface area (Å²) in [5, 5.41) is 15.3. The highest BCUT2D eigenvalue weighted by Gasteiger charge is 2.09. The number of aromatic nitrogens is 3. The van der Waals surface area contributed by atoms with Gasteiger partial charge in [-0.2, -0.15) is 0 Å². The monoisotopic (exact) mass is 329 g/mol. The summed E-state index contributed by atoms with van der Waals surface area (Å²) >= 11 is 1.34. The van der Waals surface area contributed by atoms with Crippen LogP contribution in [0.1, 0.15) is 15.5 Å². The Labute approximate surface area is 136 Å². The van der Waals surface area contributed by atoms with Crippen molar-refractivity contribution in [3.8, 4) is 0 Å². The molecule has 2 amide bonds. The van der Waals surface area contributed by atoms with Gasteiger partial charge in [-0.25, -0.2) is 0 Å². The third kappa shape index (κ3) is 3.72. The molecule has 0 aliphatic rings. The minimum atomic E-state index is -0.237. The Balaban J connectivity index is 1.43. The van der Waals surface area contributed by atoms with Gasteiger partial charge in [0.05, 0.1) is 11.4 Å². The molecule has 0 saturated heterocycles. The number of carbonyl (C=O) groups excluding carboxylic acids is 2.